The van der Waals surface area contributed by atoms with Gasteiger partial charge in [0.05, 0.1) is 4.47 Å². The predicted molar refractivity (Wildman–Crippen MR) is 70.1 cm³/mol. The Morgan fingerprint density at radius 3 is 2.52 bits per heavy atom. The van der Waals surface area contributed by atoms with Crippen LogP contribution < -0.4 is 10.1 Å². The van der Waals surface area contributed by atoms with E-state index in [9.17, 15) is 22.8 Å². The summed E-state index contributed by atoms with van der Waals surface area (Å²) in [7, 11) is 1.26. The number of anilines is 1. The summed E-state index contributed by atoms with van der Waals surface area (Å²) in [5, 5.41) is 10.9. The first kappa shape index (κ1) is 17.1. The molecule has 2 amide bonds. The van der Waals surface area contributed by atoms with E-state index in [0.29, 0.717) is 0 Å². The van der Waals surface area contributed by atoms with Crippen LogP contribution in [0, 0.1) is 0 Å². The second kappa shape index (κ2) is 6.66. The van der Waals surface area contributed by atoms with Crippen molar-refractivity contribution in [2.45, 2.75) is 6.36 Å². The van der Waals surface area contributed by atoms with Gasteiger partial charge in [-0.2, -0.15) is 0 Å². The summed E-state index contributed by atoms with van der Waals surface area (Å²) >= 11 is 2.88. The molecule has 2 N–H and O–H groups in total. The number of carboxylic acid groups (broad SMARTS) is 1. The maximum absolute atomic E-state index is 12.1. The first-order valence-corrected chi connectivity index (χ1v) is 6.17. The number of nitrogens with one attached hydrogen (secondary N) is 1. The van der Waals surface area contributed by atoms with E-state index in [-0.39, 0.29) is 10.2 Å². The van der Waals surface area contributed by atoms with Crippen molar-refractivity contribution in [1.82, 2.24) is 4.90 Å². The number of nitrogens with zero attached hydrogens (tertiary/aromatic N) is 1. The first-order chi connectivity index (χ1) is 9.58. The molecular weight excluding hydrogens is 361 g/mol. The van der Waals surface area contributed by atoms with Crippen LogP contribution >= 0.6 is 15.9 Å². The van der Waals surface area contributed by atoms with Crippen molar-refractivity contribution in [3.8, 4) is 5.75 Å². The van der Waals surface area contributed by atoms with Crippen molar-refractivity contribution in [2.24, 2.45) is 0 Å². The zero-order chi connectivity index (χ0) is 16.2. The third kappa shape index (κ3) is 5.90. The van der Waals surface area contributed by atoms with E-state index in [1.807, 2.05) is 0 Å². The van der Waals surface area contributed by atoms with Crippen LogP contribution in [0.1, 0.15) is 0 Å². The molecule has 10 heteroatoms. The Balaban J connectivity index is 2.76. The molecule has 0 radical (unpaired) electrons. The third-order valence-electron chi connectivity index (χ3n) is 2.13. The van der Waals surface area contributed by atoms with Crippen molar-refractivity contribution in [3.05, 3.63) is 22.7 Å². The molecule has 0 heterocycles. The third-order valence-corrected chi connectivity index (χ3v) is 2.75. The number of urea groups is 1. The number of benzene rings is 1. The minimum atomic E-state index is -4.82. The van der Waals surface area contributed by atoms with Crippen molar-refractivity contribution < 1.29 is 32.6 Å². The molecule has 1 aromatic rings. The van der Waals surface area contributed by atoms with Gasteiger partial charge in [0.15, 0.2) is 0 Å². The number of likely N-dealkylation sites (N-methyl/N-ethyl adjacent to an activating group) is 1. The molecule has 0 bridgehead atoms. The Hall–Kier alpha value is -1.97. The molecule has 0 saturated heterocycles. The van der Waals surface area contributed by atoms with Crippen molar-refractivity contribution in [3.63, 3.8) is 0 Å². The number of hydrogen-bond donors (Lipinski definition) is 2. The Bertz CT molecular complexity index is 551. The molecule has 0 aliphatic heterocycles. The van der Waals surface area contributed by atoms with E-state index < -0.39 is 30.7 Å². The van der Waals surface area contributed by atoms with Crippen LogP contribution in [0.3, 0.4) is 0 Å². The Labute approximate surface area is 125 Å². The van der Waals surface area contributed by atoms with Crippen LogP contribution in [0.2, 0.25) is 0 Å². The Kier molecular flexibility index (Phi) is 5.41. The van der Waals surface area contributed by atoms with E-state index >= 15 is 0 Å². The summed E-state index contributed by atoms with van der Waals surface area (Å²) in [6.45, 7) is -0.512. The number of hydrogen-bond acceptors (Lipinski definition) is 3. The van der Waals surface area contributed by atoms with Gasteiger partial charge < -0.3 is 20.1 Å². The lowest BCUT2D eigenvalue weighted by Gasteiger charge is -2.16. The number of halogens is 4. The Morgan fingerprint density at radius 2 is 2.05 bits per heavy atom. The van der Waals surface area contributed by atoms with E-state index in [1.54, 1.807) is 0 Å². The largest absolute Gasteiger partial charge is 0.573 e. The molecule has 0 fully saturated rings. The Morgan fingerprint density at radius 1 is 1.43 bits per heavy atom. The minimum absolute atomic E-state index is 0.0153. The molecule has 1 aromatic carbocycles. The summed E-state index contributed by atoms with van der Waals surface area (Å²) in [5.41, 5.74) is 0.179. The lowest BCUT2D eigenvalue weighted by Crippen LogP contribution is -2.35. The van der Waals surface area contributed by atoms with Gasteiger partial charge in [0.1, 0.15) is 12.3 Å². The fourth-order valence-corrected chi connectivity index (χ4v) is 1.74. The predicted octanol–water partition coefficient (Wildman–Crippen LogP) is 2.90. The average molecular weight is 371 g/mol. The summed E-state index contributed by atoms with van der Waals surface area (Å²) in [5.74, 6) is -1.65. The van der Waals surface area contributed by atoms with Crippen LogP contribution in [0.4, 0.5) is 23.7 Å². The van der Waals surface area contributed by atoms with Gasteiger partial charge in [-0.25, -0.2) is 4.79 Å². The number of alkyl halides is 3. The average Bonchev–Trinajstić information content (AvgIpc) is 2.30. The van der Waals surface area contributed by atoms with E-state index in [4.69, 9.17) is 5.11 Å². The van der Waals surface area contributed by atoms with Gasteiger partial charge in [-0.1, -0.05) is 0 Å². The molecule has 1 rings (SSSR count). The van der Waals surface area contributed by atoms with Crippen LogP contribution in [0.25, 0.3) is 0 Å². The van der Waals surface area contributed by atoms with Gasteiger partial charge in [0.25, 0.3) is 0 Å². The standard InChI is InChI=1S/C11H10BrF3N2O4/c1-17(5-9(18)19)10(20)16-6-2-3-8(7(12)4-6)21-11(13,14)15/h2-4H,5H2,1H3,(H,16,20)(H,18,19). The summed E-state index contributed by atoms with van der Waals surface area (Å²) in [6, 6.07) is 2.70. The normalized spacial score (nSPS) is 10.9. The fourth-order valence-electron chi connectivity index (χ4n) is 1.28. The van der Waals surface area contributed by atoms with E-state index in [0.717, 1.165) is 11.0 Å². The molecule has 21 heavy (non-hydrogen) atoms. The number of ether oxygens (including phenoxy) is 1. The zero-order valence-corrected chi connectivity index (χ0v) is 12.2. The van der Waals surface area contributed by atoms with E-state index in [1.165, 1.54) is 19.2 Å². The molecule has 0 aromatic heterocycles. The molecule has 0 spiro atoms. The molecular formula is C11H10BrF3N2O4. The van der Waals surface area contributed by atoms with Gasteiger partial charge in [0, 0.05) is 12.7 Å². The number of aliphatic carboxylic acids is 1. The molecule has 0 aliphatic carbocycles. The number of carboxylic acids is 1. The quantitative estimate of drug-likeness (QED) is 0.853. The molecule has 116 valence electrons. The molecule has 6 nitrogen and oxygen atoms in total. The highest BCUT2D eigenvalue weighted by atomic mass is 79.9. The highest BCUT2D eigenvalue weighted by molar-refractivity contribution is 9.10. The van der Waals surface area contributed by atoms with Gasteiger partial charge in [-0.05, 0) is 34.1 Å². The summed E-state index contributed by atoms with van der Waals surface area (Å²) in [6.07, 6.45) is -4.82. The van der Waals surface area contributed by atoms with Crippen LogP contribution in [0.15, 0.2) is 22.7 Å². The topological polar surface area (TPSA) is 78.9 Å². The van der Waals surface area contributed by atoms with E-state index in [2.05, 4.69) is 26.0 Å². The smallest absolute Gasteiger partial charge is 0.480 e. The summed E-state index contributed by atoms with van der Waals surface area (Å²) < 4.78 is 40.0. The minimum Gasteiger partial charge on any atom is -0.480 e. The number of carbonyl (C=O) groups is 2. The van der Waals surface area contributed by atoms with Gasteiger partial charge in [-0.15, -0.1) is 13.2 Å². The highest BCUT2D eigenvalue weighted by Gasteiger charge is 2.32. The highest BCUT2D eigenvalue weighted by Crippen LogP contribution is 2.32. The zero-order valence-electron chi connectivity index (χ0n) is 10.6. The molecule has 0 aliphatic rings. The fraction of sp³-hybridized carbons (Fsp3) is 0.273. The number of amides is 2. The summed E-state index contributed by atoms with van der Waals surface area (Å²) in [4.78, 5) is 22.9. The molecule has 0 saturated carbocycles. The lowest BCUT2D eigenvalue weighted by atomic mass is 10.3. The number of carbonyl (C=O) groups excluding carboxylic acids is 1. The molecule has 0 atom stereocenters. The van der Waals surface area contributed by atoms with Crippen LogP contribution in [0.5, 0.6) is 5.75 Å². The van der Waals surface area contributed by atoms with Crippen LogP contribution in [-0.2, 0) is 4.79 Å². The van der Waals surface area contributed by atoms with Crippen molar-refractivity contribution >= 4 is 33.6 Å². The van der Waals surface area contributed by atoms with Gasteiger partial charge >= 0.3 is 18.4 Å². The van der Waals surface area contributed by atoms with Gasteiger partial charge in [0.2, 0.25) is 0 Å². The maximum atomic E-state index is 12.1. The second-order valence-electron chi connectivity index (χ2n) is 3.87. The van der Waals surface area contributed by atoms with Gasteiger partial charge in [-0.3, -0.25) is 4.79 Å². The van der Waals surface area contributed by atoms with Crippen molar-refractivity contribution in [1.29, 1.82) is 0 Å². The first-order valence-electron chi connectivity index (χ1n) is 5.37. The van der Waals surface area contributed by atoms with Crippen LogP contribution in [-0.4, -0.2) is 42.0 Å². The monoisotopic (exact) mass is 370 g/mol. The SMILES string of the molecule is CN(CC(=O)O)C(=O)Nc1ccc(OC(F)(F)F)c(Br)c1. The number of rotatable bonds is 4. The maximum Gasteiger partial charge on any atom is 0.573 e. The lowest BCUT2D eigenvalue weighted by molar-refractivity contribution is -0.274. The van der Waals surface area contributed by atoms with Crippen molar-refractivity contribution in [2.75, 3.05) is 18.9 Å². The molecule has 0 unspecified atom stereocenters. The second-order valence-corrected chi connectivity index (χ2v) is 4.73.